The van der Waals surface area contributed by atoms with Crippen LogP contribution in [0.5, 0.6) is 0 Å². The van der Waals surface area contributed by atoms with Crippen molar-refractivity contribution in [3.05, 3.63) is 8.97 Å². The normalized spacial score (nSPS) is 11.3. The van der Waals surface area contributed by atoms with E-state index in [4.69, 9.17) is 23.2 Å². The van der Waals surface area contributed by atoms with Crippen LogP contribution in [0.25, 0.3) is 0 Å². The highest BCUT2D eigenvalue weighted by atomic mass is 79.9. The summed E-state index contributed by atoms with van der Waals surface area (Å²) in [5.41, 5.74) is 0. The molecule has 54 valence electrons. The Morgan fingerprint density at radius 2 is 1.56 bits per heavy atom. The minimum atomic E-state index is -4.49. The molecule has 0 aliphatic carbocycles. The minimum Gasteiger partial charge on any atom is -0.165 e. The third kappa shape index (κ3) is 3.33. The van der Waals surface area contributed by atoms with Gasteiger partial charge in [-0.15, -0.1) is 0 Å². The predicted octanol–water partition coefficient (Wildman–Crippen LogP) is 3.59. The first-order chi connectivity index (χ1) is 3.85. The highest BCUT2D eigenvalue weighted by Gasteiger charge is 2.33. The van der Waals surface area contributed by atoms with Crippen LogP contribution in [0.15, 0.2) is 8.97 Å². The molecule has 0 fully saturated rings. The van der Waals surface area contributed by atoms with Crippen molar-refractivity contribution in [1.82, 2.24) is 0 Å². The fourth-order valence-corrected chi connectivity index (χ4v) is 0.321. The molecule has 0 aromatic carbocycles. The molecule has 0 saturated carbocycles. The van der Waals surface area contributed by atoms with Crippen LogP contribution in [-0.2, 0) is 0 Å². The number of allylic oxidation sites excluding steroid dienone is 1. The zero-order valence-electron chi connectivity index (χ0n) is 3.77. The van der Waals surface area contributed by atoms with Crippen LogP contribution in [0.4, 0.5) is 13.2 Å². The van der Waals surface area contributed by atoms with Crippen LogP contribution in [0.1, 0.15) is 0 Å². The molecule has 0 amide bonds. The second-order valence-corrected chi connectivity index (χ2v) is 2.81. The molecular formula is C3BrCl2F3. The van der Waals surface area contributed by atoms with E-state index in [0.717, 1.165) is 0 Å². The van der Waals surface area contributed by atoms with Gasteiger partial charge in [0.1, 0.15) is 8.97 Å². The molecule has 0 aliphatic heterocycles. The molecule has 0 N–H and O–H groups in total. The maximum Gasteiger partial charge on any atom is 0.425 e. The molecule has 0 bridgehead atoms. The summed E-state index contributed by atoms with van der Waals surface area (Å²) in [6.07, 6.45) is -4.49. The summed E-state index contributed by atoms with van der Waals surface area (Å²) in [7, 11) is 0. The van der Waals surface area contributed by atoms with E-state index in [-0.39, 0.29) is 0 Å². The van der Waals surface area contributed by atoms with E-state index in [0.29, 0.717) is 0 Å². The maximum absolute atomic E-state index is 11.4. The number of rotatable bonds is 0. The van der Waals surface area contributed by atoms with Crippen LogP contribution in [0.3, 0.4) is 0 Å². The molecule has 0 saturated heterocycles. The molecular weight excluding hydrogens is 244 g/mol. The van der Waals surface area contributed by atoms with Gasteiger partial charge in [-0.1, -0.05) is 23.2 Å². The second-order valence-electron chi connectivity index (χ2n) is 1.07. The van der Waals surface area contributed by atoms with E-state index in [2.05, 4.69) is 15.9 Å². The molecule has 0 aromatic rings. The summed E-state index contributed by atoms with van der Waals surface area (Å²) in [5.74, 6) is 0. The van der Waals surface area contributed by atoms with Crippen LogP contribution in [0.2, 0.25) is 0 Å². The lowest BCUT2D eigenvalue weighted by atomic mass is 10.6. The van der Waals surface area contributed by atoms with Crippen molar-refractivity contribution in [3.63, 3.8) is 0 Å². The smallest absolute Gasteiger partial charge is 0.165 e. The van der Waals surface area contributed by atoms with Crippen molar-refractivity contribution in [2.75, 3.05) is 0 Å². The van der Waals surface area contributed by atoms with Crippen LogP contribution in [-0.4, -0.2) is 6.18 Å². The van der Waals surface area contributed by atoms with Gasteiger partial charge in [-0.05, 0) is 15.9 Å². The number of alkyl halides is 3. The monoisotopic (exact) mass is 242 g/mol. The summed E-state index contributed by atoms with van der Waals surface area (Å²) >= 11 is 11.7. The van der Waals surface area contributed by atoms with Gasteiger partial charge in [0.25, 0.3) is 0 Å². The average Bonchev–Trinajstić information content (AvgIpc) is 1.62. The van der Waals surface area contributed by atoms with Crippen LogP contribution >= 0.6 is 39.1 Å². The Hall–Kier alpha value is 0.590. The topological polar surface area (TPSA) is 0 Å². The molecule has 0 atom stereocenters. The lowest BCUT2D eigenvalue weighted by Gasteiger charge is -2.02. The van der Waals surface area contributed by atoms with Gasteiger partial charge in [0.05, 0.1) is 0 Å². The summed E-state index contributed by atoms with van der Waals surface area (Å²) in [6, 6.07) is 0. The van der Waals surface area contributed by atoms with Crippen molar-refractivity contribution >= 4 is 39.1 Å². The van der Waals surface area contributed by atoms with Crippen molar-refractivity contribution < 1.29 is 13.2 Å². The van der Waals surface area contributed by atoms with Gasteiger partial charge in [-0.2, -0.15) is 13.2 Å². The lowest BCUT2D eigenvalue weighted by molar-refractivity contribution is -0.0829. The molecule has 0 aromatic heterocycles. The zero-order chi connectivity index (χ0) is 7.65. The Kier molecular flexibility index (Phi) is 3.33. The molecule has 0 radical (unpaired) electrons. The maximum atomic E-state index is 11.4. The Bertz CT molecular complexity index is 134. The van der Waals surface area contributed by atoms with Gasteiger partial charge < -0.3 is 0 Å². The molecule has 0 nitrogen and oxygen atoms in total. The van der Waals surface area contributed by atoms with Gasteiger partial charge in [0.2, 0.25) is 0 Å². The van der Waals surface area contributed by atoms with Crippen molar-refractivity contribution in [2.45, 2.75) is 6.18 Å². The molecule has 6 heteroatoms. The molecule has 0 unspecified atom stereocenters. The Balaban J connectivity index is 4.40. The van der Waals surface area contributed by atoms with Crippen molar-refractivity contribution in [3.8, 4) is 0 Å². The summed E-state index contributed by atoms with van der Waals surface area (Å²) in [4.78, 5) is 0. The SMILES string of the molecule is FC(F)(F)C(Br)=C(Cl)Cl. The summed E-state index contributed by atoms with van der Waals surface area (Å²) < 4.78 is 32.3. The summed E-state index contributed by atoms with van der Waals surface area (Å²) in [5, 5.41) is 0. The summed E-state index contributed by atoms with van der Waals surface area (Å²) in [6.45, 7) is 0. The van der Waals surface area contributed by atoms with Crippen LogP contribution < -0.4 is 0 Å². The van der Waals surface area contributed by atoms with E-state index >= 15 is 0 Å². The number of hydrogen-bond acceptors (Lipinski definition) is 0. The largest absolute Gasteiger partial charge is 0.425 e. The van der Waals surface area contributed by atoms with Crippen LogP contribution in [0, 0.1) is 0 Å². The van der Waals surface area contributed by atoms with Gasteiger partial charge in [0, 0.05) is 0 Å². The van der Waals surface area contributed by atoms with E-state index in [1.54, 1.807) is 0 Å². The highest BCUT2D eigenvalue weighted by molar-refractivity contribution is 9.11. The van der Waals surface area contributed by atoms with Gasteiger partial charge in [-0.3, -0.25) is 0 Å². The third-order valence-corrected chi connectivity index (χ3v) is 2.10. The fraction of sp³-hybridized carbons (Fsp3) is 0.333. The first kappa shape index (κ1) is 9.59. The van der Waals surface area contributed by atoms with Gasteiger partial charge in [-0.25, -0.2) is 0 Å². The van der Waals surface area contributed by atoms with Gasteiger partial charge in [0.15, 0.2) is 0 Å². The fourth-order valence-electron chi connectivity index (χ4n) is 0.107. The standard InChI is InChI=1S/C3BrCl2F3/c4-1(2(5)6)3(7,8)9. The third-order valence-electron chi connectivity index (χ3n) is 0.415. The molecule has 0 spiro atoms. The first-order valence-corrected chi connectivity index (χ1v) is 3.18. The highest BCUT2D eigenvalue weighted by Crippen LogP contribution is 2.35. The zero-order valence-corrected chi connectivity index (χ0v) is 6.87. The lowest BCUT2D eigenvalue weighted by Crippen LogP contribution is -2.06. The van der Waals surface area contributed by atoms with E-state index < -0.39 is 15.2 Å². The Labute approximate surface area is 67.8 Å². The average molecular weight is 244 g/mol. The Morgan fingerprint density at radius 1 is 1.22 bits per heavy atom. The molecule has 9 heavy (non-hydrogen) atoms. The number of hydrogen-bond donors (Lipinski definition) is 0. The van der Waals surface area contributed by atoms with Gasteiger partial charge >= 0.3 is 6.18 Å². The molecule has 0 heterocycles. The van der Waals surface area contributed by atoms with Crippen molar-refractivity contribution in [1.29, 1.82) is 0 Å². The van der Waals surface area contributed by atoms with Crippen molar-refractivity contribution in [2.24, 2.45) is 0 Å². The Morgan fingerprint density at radius 3 is 1.56 bits per heavy atom. The second kappa shape index (κ2) is 3.12. The molecule has 0 rings (SSSR count). The van der Waals surface area contributed by atoms with E-state index in [1.165, 1.54) is 0 Å². The van der Waals surface area contributed by atoms with E-state index in [1.807, 2.05) is 0 Å². The minimum absolute atomic E-state index is 0.817. The quantitative estimate of drug-likeness (QED) is 0.610. The number of halogens is 6. The van der Waals surface area contributed by atoms with E-state index in [9.17, 15) is 13.2 Å². The first-order valence-electron chi connectivity index (χ1n) is 1.63. The molecule has 0 aliphatic rings. The predicted molar refractivity (Wildman–Crippen MR) is 33.7 cm³/mol.